The molecule has 84 valence electrons. The van der Waals surface area contributed by atoms with Crippen molar-refractivity contribution in [3.8, 4) is 0 Å². The number of carbonyl (C=O) groups excluding carboxylic acids is 1. The fraction of sp³-hybridized carbons (Fsp3) is 0.500. The van der Waals surface area contributed by atoms with Crippen LogP contribution in [0.5, 0.6) is 0 Å². The van der Waals surface area contributed by atoms with Crippen LogP contribution in [0.25, 0.3) is 0 Å². The predicted octanol–water partition coefficient (Wildman–Crippen LogP) is 2.90. The van der Waals surface area contributed by atoms with Crippen molar-refractivity contribution < 1.29 is 4.79 Å². The Hall–Kier alpha value is -1.31. The second-order valence-electron chi connectivity index (χ2n) is 5.05. The molecule has 0 aromatic heterocycles. The van der Waals surface area contributed by atoms with Crippen molar-refractivity contribution >= 4 is 11.6 Å². The van der Waals surface area contributed by atoms with Crippen LogP contribution in [0, 0.1) is 12.8 Å². The van der Waals surface area contributed by atoms with Gasteiger partial charge in [-0.05, 0) is 44.7 Å². The molecule has 2 nitrogen and oxygen atoms in total. The standard InChI is InChI=1S/C14H17NO/c1-10-2-6-12(7-3-10)15-13-8-4-11(5-9-13)14(15)16/h2-3,6-7,11,13H,4-5,8-9H2,1H3. The highest BCUT2D eigenvalue weighted by Gasteiger charge is 2.40. The molecule has 4 rings (SSSR count). The zero-order valence-electron chi connectivity index (χ0n) is 9.65. The van der Waals surface area contributed by atoms with Crippen LogP contribution in [0.2, 0.25) is 0 Å². The average Bonchev–Trinajstić information content (AvgIpc) is 2.32. The number of carbonyl (C=O) groups is 1. The van der Waals surface area contributed by atoms with Gasteiger partial charge in [-0.15, -0.1) is 0 Å². The third-order valence-electron chi connectivity index (χ3n) is 3.96. The molecule has 0 N–H and O–H groups in total. The van der Waals surface area contributed by atoms with Crippen LogP contribution in [-0.4, -0.2) is 11.9 Å². The Bertz CT molecular complexity index is 401. The van der Waals surface area contributed by atoms with Crippen molar-refractivity contribution in [2.75, 3.05) is 4.90 Å². The zero-order chi connectivity index (χ0) is 11.1. The summed E-state index contributed by atoms with van der Waals surface area (Å²) in [6, 6.07) is 8.79. The van der Waals surface area contributed by atoms with E-state index in [-0.39, 0.29) is 0 Å². The molecule has 1 saturated carbocycles. The van der Waals surface area contributed by atoms with Crippen molar-refractivity contribution in [2.24, 2.45) is 5.92 Å². The number of hydrogen-bond donors (Lipinski definition) is 0. The van der Waals surface area contributed by atoms with Gasteiger partial charge in [-0.3, -0.25) is 4.79 Å². The van der Waals surface area contributed by atoms with Gasteiger partial charge in [0.15, 0.2) is 0 Å². The van der Waals surface area contributed by atoms with Gasteiger partial charge in [-0.1, -0.05) is 17.7 Å². The molecule has 1 aliphatic carbocycles. The number of aryl methyl sites for hydroxylation is 1. The lowest BCUT2D eigenvalue weighted by Gasteiger charge is -2.44. The molecular weight excluding hydrogens is 198 g/mol. The van der Waals surface area contributed by atoms with Crippen LogP contribution in [-0.2, 0) is 4.79 Å². The van der Waals surface area contributed by atoms with Crippen molar-refractivity contribution in [1.82, 2.24) is 0 Å². The summed E-state index contributed by atoms with van der Waals surface area (Å²) in [7, 11) is 0. The Morgan fingerprint density at radius 2 is 1.69 bits per heavy atom. The summed E-state index contributed by atoms with van der Waals surface area (Å²) in [5, 5.41) is 0. The largest absolute Gasteiger partial charge is 0.309 e. The van der Waals surface area contributed by atoms with E-state index in [1.807, 2.05) is 4.90 Å². The Kier molecular flexibility index (Phi) is 2.23. The SMILES string of the molecule is Cc1ccc(N2C(=O)C3CCC2CC3)cc1. The first-order chi connectivity index (χ1) is 7.75. The molecule has 1 amide bonds. The molecule has 0 spiro atoms. The monoisotopic (exact) mass is 215 g/mol. The number of fused-ring (bicyclic) bond motifs is 3. The first-order valence-corrected chi connectivity index (χ1v) is 6.15. The fourth-order valence-corrected chi connectivity index (χ4v) is 3.00. The summed E-state index contributed by atoms with van der Waals surface area (Å²) in [5.41, 5.74) is 2.34. The smallest absolute Gasteiger partial charge is 0.230 e. The summed E-state index contributed by atoms with van der Waals surface area (Å²) in [6.45, 7) is 2.08. The van der Waals surface area contributed by atoms with Crippen LogP contribution in [0.3, 0.4) is 0 Å². The molecule has 2 saturated heterocycles. The highest BCUT2D eigenvalue weighted by molar-refractivity contribution is 5.97. The van der Waals surface area contributed by atoms with Gasteiger partial charge in [0, 0.05) is 17.6 Å². The molecule has 1 aromatic carbocycles. The minimum absolute atomic E-state index is 0.298. The Balaban J connectivity index is 1.94. The maximum atomic E-state index is 12.2. The molecule has 3 aliphatic rings. The van der Waals surface area contributed by atoms with Gasteiger partial charge in [0.2, 0.25) is 5.91 Å². The predicted molar refractivity (Wildman–Crippen MR) is 64.4 cm³/mol. The molecule has 1 aromatic rings. The Labute approximate surface area is 96.3 Å². The minimum Gasteiger partial charge on any atom is -0.309 e. The molecule has 3 fully saturated rings. The van der Waals surface area contributed by atoms with E-state index >= 15 is 0 Å². The van der Waals surface area contributed by atoms with Gasteiger partial charge >= 0.3 is 0 Å². The quantitative estimate of drug-likeness (QED) is 0.705. The van der Waals surface area contributed by atoms with Gasteiger partial charge in [-0.2, -0.15) is 0 Å². The molecule has 2 heterocycles. The number of nitrogens with zero attached hydrogens (tertiary/aromatic N) is 1. The van der Waals surface area contributed by atoms with Gasteiger partial charge in [-0.25, -0.2) is 0 Å². The van der Waals surface area contributed by atoms with E-state index in [0.717, 1.165) is 18.5 Å². The average molecular weight is 215 g/mol. The number of piperidine rings is 2. The minimum atomic E-state index is 0.298. The van der Waals surface area contributed by atoms with E-state index < -0.39 is 0 Å². The maximum absolute atomic E-state index is 12.2. The van der Waals surface area contributed by atoms with Crippen molar-refractivity contribution in [3.05, 3.63) is 29.8 Å². The lowest BCUT2D eigenvalue weighted by atomic mass is 9.79. The number of hydrogen-bond acceptors (Lipinski definition) is 1. The van der Waals surface area contributed by atoms with E-state index in [9.17, 15) is 4.79 Å². The summed E-state index contributed by atoms with van der Waals surface area (Å²) in [6.07, 6.45) is 4.58. The molecule has 2 heteroatoms. The molecule has 0 unspecified atom stereocenters. The molecule has 0 radical (unpaired) electrons. The van der Waals surface area contributed by atoms with Gasteiger partial charge < -0.3 is 4.90 Å². The van der Waals surface area contributed by atoms with E-state index in [0.29, 0.717) is 17.9 Å². The molecule has 16 heavy (non-hydrogen) atoms. The topological polar surface area (TPSA) is 20.3 Å². The van der Waals surface area contributed by atoms with Crippen molar-refractivity contribution in [3.63, 3.8) is 0 Å². The second kappa shape index (κ2) is 3.62. The zero-order valence-corrected chi connectivity index (χ0v) is 9.65. The second-order valence-corrected chi connectivity index (χ2v) is 5.05. The normalized spacial score (nSPS) is 28.6. The van der Waals surface area contributed by atoms with Crippen LogP contribution in [0.4, 0.5) is 5.69 Å². The first-order valence-electron chi connectivity index (χ1n) is 6.15. The number of amides is 1. The fourth-order valence-electron chi connectivity index (χ4n) is 3.00. The third kappa shape index (κ3) is 1.44. The Morgan fingerprint density at radius 1 is 1.06 bits per heavy atom. The van der Waals surface area contributed by atoms with Crippen molar-refractivity contribution in [2.45, 2.75) is 38.6 Å². The maximum Gasteiger partial charge on any atom is 0.230 e. The number of anilines is 1. The highest BCUT2D eigenvalue weighted by atomic mass is 16.2. The highest BCUT2D eigenvalue weighted by Crippen LogP contribution is 2.38. The van der Waals surface area contributed by atoms with Gasteiger partial charge in [0.1, 0.15) is 0 Å². The van der Waals surface area contributed by atoms with E-state index in [4.69, 9.17) is 0 Å². The summed E-state index contributed by atoms with van der Waals surface area (Å²) in [4.78, 5) is 14.2. The lowest BCUT2D eigenvalue weighted by molar-refractivity contribution is -0.126. The summed E-state index contributed by atoms with van der Waals surface area (Å²) < 4.78 is 0. The third-order valence-corrected chi connectivity index (χ3v) is 3.96. The number of benzene rings is 1. The lowest BCUT2D eigenvalue weighted by Crippen LogP contribution is -2.52. The molecule has 2 aliphatic heterocycles. The van der Waals surface area contributed by atoms with Gasteiger partial charge in [0.05, 0.1) is 0 Å². The Morgan fingerprint density at radius 3 is 2.25 bits per heavy atom. The van der Waals surface area contributed by atoms with Crippen LogP contribution < -0.4 is 4.90 Å². The molecule has 2 bridgehead atoms. The van der Waals surface area contributed by atoms with Crippen LogP contribution in [0.1, 0.15) is 31.2 Å². The molecular formula is C14H17NO. The van der Waals surface area contributed by atoms with Gasteiger partial charge in [0.25, 0.3) is 0 Å². The van der Waals surface area contributed by atoms with Crippen LogP contribution >= 0.6 is 0 Å². The van der Waals surface area contributed by atoms with E-state index in [1.54, 1.807) is 0 Å². The van der Waals surface area contributed by atoms with E-state index in [1.165, 1.54) is 18.4 Å². The van der Waals surface area contributed by atoms with E-state index in [2.05, 4.69) is 31.2 Å². The van der Waals surface area contributed by atoms with Crippen molar-refractivity contribution in [1.29, 1.82) is 0 Å². The summed E-state index contributed by atoms with van der Waals surface area (Å²) >= 11 is 0. The van der Waals surface area contributed by atoms with Crippen LogP contribution in [0.15, 0.2) is 24.3 Å². The number of rotatable bonds is 1. The molecule has 0 atom stereocenters. The summed E-state index contributed by atoms with van der Waals surface area (Å²) in [5.74, 6) is 0.651. The first kappa shape index (κ1) is 9.88.